The maximum atomic E-state index is 2.50. The normalized spacial score (nSPS) is 17.2. The molecular formula is C49H39N. The molecule has 0 radical (unpaired) electrons. The zero-order chi connectivity index (χ0) is 33.6. The highest BCUT2D eigenvalue weighted by molar-refractivity contribution is 6.11. The summed E-state index contributed by atoms with van der Waals surface area (Å²) in [5.41, 5.74) is 18.7. The van der Waals surface area contributed by atoms with Crippen LogP contribution in [0.5, 0.6) is 0 Å². The largest absolute Gasteiger partial charge is 0.309 e. The number of aromatic nitrogens is 1. The first kappa shape index (κ1) is 29.3. The summed E-state index contributed by atoms with van der Waals surface area (Å²) in [7, 11) is 0. The van der Waals surface area contributed by atoms with E-state index in [4.69, 9.17) is 0 Å². The molecule has 0 bridgehead atoms. The predicted molar refractivity (Wildman–Crippen MR) is 211 cm³/mol. The molecule has 1 aromatic heterocycles. The lowest BCUT2D eigenvalue weighted by Gasteiger charge is -2.24. The second kappa shape index (κ2) is 10.9. The van der Waals surface area contributed by atoms with Gasteiger partial charge in [-0.2, -0.15) is 0 Å². The summed E-state index contributed by atoms with van der Waals surface area (Å²) in [5, 5.41) is 2.57. The average Bonchev–Trinajstić information content (AvgIpc) is 3.57. The number of para-hydroxylation sites is 1. The second-order valence-corrected chi connectivity index (χ2v) is 14.9. The number of nitrogens with zero attached hydrogens (tertiary/aromatic N) is 1. The van der Waals surface area contributed by atoms with Gasteiger partial charge in [-0.25, -0.2) is 0 Å². The number of fused-ring (bicyclic) bond motifs is 9. The van der Waals surface area contributed by atoms with Gasteiger partial charge in [0.2, 0.25) is 0 Å². The molecule has 1 nitrogen and oxygen atoms in total. The molecule has 8 aromatic rings. The van der Waals surface area contributed by atoms with Crippen molar-refractivity contribution in [1.29, 1.82) is 0 Å². The third-order valence-corrected chi connectivity index (χ3v) is 12.0. The highest BCUT2D eigenvalue weighted by Crippen LogP contribution is 2.52. The molecule has 2 unspecified atom stereocenters. The number of rotatable bonds is 3. The van der Waals surface area contributed by atoms with Gasteiger partial charge in [0, 0.05) is 21.8 Å². The summed E-state index contributed by atoms with van der Waals surface area (Å²) in [6.45, 7) is 7.14. The van der Waals surface area contributed by atoms with Crippen LogP contribution in [0.3, 0.4) is 0 Å². The van der Waals surface area contributed by atoms with E-state index < -0.39 is 0 Å². The molecular weight excluding hydrogens is 603 g/mol. The monoisotopic (exact) mass is 641 g/mol. The van der Waals surface area contributed by atoms with Crippen LogP contribution in [0.15, 0.2) is 158 Å². The summed E-state index contributed by atoms with van der Waals surface area (Å²) < 4.78 is 2.50. The minimum Gasteiger partial charge on any atom is -0.309 e. The zero-order valence-electron chi connectivity index (χ0n) is 28.8. The molecule has 1 heterocycles. The van der Waals surface area contributed by atoms with Gasteiger partial charge < -0.3 is 4.57 Å². The first-order chi connectivity index (χ1) is 24.5. The van der Waals surface area contributed by atoms with E-state index in [0.29, 0.717) is 11.8 Å². The van der Waals surface area contributed by atoms with Gasteiger partial charge in [-0.3, -0.25) is 0 Å². The van der Waals surface area contributed by atoms with Crippen molar-refractivity contribution in [2.24, 2.45) is 0 Å². The lowest BCUT2D eigenvalue weighted by Crippen LogP contribution is -2.14. The Kier molecular flexibility index (Phi) is 6.39. The molecule has 0 aliphatic heterocycles. The van der Waals surface area contributed by atoms with Crippen LogP contribution in [0.1, 0.15) is 60.4 Å². The second-order valence-electron chi connectivity index (χ2n) is 14.9. The molecule has 10 rings (SSSR count). The van der Waals surface area contributed by atoms with Crippen molar-refractivity contribution >= 4 is 21.8 Å². The molecule has 0 spiro atoms. The SMILES string of the molecule is CC1c2ccc(-c3ccc4c(c3)c3ccccc3n4-c3cccc4c3-c3ccccc3C4(C)C)cc2-c2ccccc2CC1c1ccccc1. The summed E-state index contributed by atoms with van der Waals surface area (Å²) in [6.07, 6.45) is 1.04. The van der Waals surface area contributed by atoms with E-state index >= 15 is 0 Å². The Hall–Kier alpha value is -5.66. The van der Waals surface area contributed by atoms with Gasteiger partial charge >= 0.3 is 0 Å². The zero-order valence-corrected chi connectivity index (χ0v) is 28.8. The van der Waals surface area contributed by atoms with Gasteiger partial charge in [0.25, 0.3) is 0 Å². The maximum absolute atomic E-state index is 2.50. The fraction of sp³-hybridized carbons (Fsp3) is 0.143. The van der Waals surface area contributed by atoms with E-state index in [1.54, 1.807) is 0 Å². The minimum atomic E-state index is -0.0452. The van der Waals surface area contributed by atoms with Gasteiger partial charge in [-0.15, -0.1) is 0 Å². The van der Waals surface area contributed by atoms with Crippen molar-refractivity contribution < 1.29 is 0 Å². The van der Waals surface area contributed by atoms with E-state index in [1.807, 2.05) is 0 Å². The van der Waals surface area contributed by atoms with E-state index in [2.05, 4.69) is 183 Å². The Balaban J connectivity index is 1.15. The van der Waals surface area contributed by atoms with Crippen molar-refractivity contribution in [1.82, 2.24) is 4.57 Å². The third kappa shape index (κ3) is 4.19. The molecule has 0 N–H and O–H groups in total. The van der Waals surface area contributed by atoms with Crippen LogP contribution in [-0.2, 0) is 11.8 Å². The lowest BCUT2D eigenvalue weighted by atomic mass is 9.80. The molecule has 0 fully saturated rings. The fourth-order valence-corrected chi connectivity index (χ4v) is 9.40. The van der Waals surface area contributed by atoms with E-state index in [9.17, 15) is 0 Å². The highest BCUT2D eigenvalue weighted by atomic mass is 15.0. The first-order valence-electron chi connectivity index (χ1n) is 18.0. The van der Waals surface area contributed by atoms with Gasteiger partial charge in [0.1, 0.15) is 0 Å². The quantitative estimate of drug-likeness (QED) is 0.181. The number of hydrogen-bond acceptors (Lipinski definition) is 0. The Morgan fingerprint density at radius 1 is 0.540 bits per heavy atom. The predicted octanol–water partition coefficient (Wildman–Crippen LogP) is 12.9. The molecule has 50 heavy (non-hydrogen) atoms. The molecule has 1 heteroatoms. The van der Waals surface area contributed by atoms with Crippen LogP contribution in [0.25, 0.3) is 60.9 Å². The first-order valence-corrected chi connectivity index (χ1v) is 18.0. The Morgan fingerprint density at radius 2 is 1.22 bits per heavy atom. The van der Waals surface area contributed by atoms with Crippen molar-refractivity contribution in [3.05, 3.63) is 186 Å². The lowest BCUT2D eigenvalue weighted by molar-refractivity contribution is 0.579. The Morgan fingerprint density at radius 3 is 2.10 bits per heavy atom. The van der Waals surface area contributed by atoms with E-state index in [1.165, 1.54) is 88.7 Å². The van der Waals surface area contributed by atoms with Gasteiger partial charge in [-0.1, -0.05) is 148 Å². The Labute approximate surface area is 294 Å². The summed E-state index contributed by atoms with van der Waals surface area (Å²) in [6, 6.07) is 59.3. The molecule has 0 saturated carbocycles. The highest BCUT2D eigenvalue weighted by Gasteiger charge is 2.37. The average molecular weight is 642 g/mol. The van der Waals surface area contributed by atoms with Crippen LogP contribution in [0.4, 0.5) is 0 Å². The van der Waals surface area contributed by atoms with Crippen molar-refractivity contribution in [2.75, 3.05) is 0 Å². The fourth-order valence-electron chi connectivity index (χ4n) is 9.40. The smallest absolute Gasteiger partial charge is 0.0543 e. The standard InChI is InChI=1S/C49H39N/c1-31-36-26-24-33(28-41(36)37-17-8-7-16-35(37)30-40(31)32-14-5-4-6-15-32)34-25-27-46-42(29-34)38-18-10-12-22-45(38)50(46)47-23-13-21-44-48(47)39-19-9-11-20-43(39)49(44,2)3/h4-29,31,40H,30H2,1-3H3. The van der Waals surface area contributed by atoms with E-state index in [0.717, 1.165) is 6.42 Å². The molecule has 240 valence electrons. The summed E-state index contributed by atoms with van der Waals surface area (Å²) in [4.78, 5) is 0. The molecule has 7 aromatic carbocycles. The summed E-state index contributed by atoms with van der Waals surface area (Å²) in [5.74, 6) is 0.834. The summed E-state index contributed by atoms with van der Waals surface area (Å²) >= 11 is 0. The van der Waals surface area contributed by atoms with E-state index in [-0.39, 0.29) is 5.41 Å². The molecule has 2 atom stereocenters. The van der Waals surface area contributed by atoms with Crippen LogP contribution in [0, 0.1) is 0 Å². The minimum absolute atomic E-state index is 0.0452. The third-order valence-electron chi connectivity index (χ3n) is 12.0. The van der Waals surface area contributed by atoms with Crippen molar-refractivity contribution in [2.45, 2.75) is 44.4 Å². The Bertz CT molecular complexity index is 2620. The number of benzene rings is 7. The maximum Gasteiger partial charge on any atom is 0.0543 e. The van der Waals surface area contributed by atoms with Crippen LogP contribution < -0.4 is 0 Å². The van der Waals surface area contributed by atoms with Crippen molar-refractivity contribution in [3.8, 4) is 39.1 Å². The van der Waals surface area contributed by atoms with Gasteiger partial charge in [0.15, 0.2) is 0 Å². The van der Waals surface area contributed by atoms with Crippen LogP contribution in [0.2, 0.25) is 0 Å². The van der Waals surface area contributed by atoms with Gasteiger partial charge in [0.05, 0.1) is 16.7 Å². The topological polar surface area (TPSA) is 4.93 Å². The molecule has 2 aliphatic carbocycles. The van der Waals surface area contributed by atoms with Gasteiger partial charge in [-0.05, 0) is 104 Å². The van der Waals surface area contributed by atoms with Crippen LogP contribution in [-0.4, -0.2) is 4.57 Å². The van der Waals surface area contributed by atoms with Crippen molar-refractivity contribution in [3.63, 3.8) is 0 Å². The molecule has 0 amide bonds. The number of hydrogen-bond donors (Lipinski definition) is 0. The molecule has 2 aliphatic rings. The molecule has 0 saturated heterocycles. The van der Waals surface area contributed by atoms with Crippen LogP contribution >= 0.6 is 0 Å².